The van der Waals surface area contributed by atoms with E-state index < -0.39 is 7.14 Å². The van der Waals surface area contributed by atoms with E-state index in [9.17, 15) is 4.57 Å². The maximum absolute atomic E-state index is 12.2. The number of hydrogen-bond donors (Lipinski definition) is 0. The fourth-order valence-electron chi connectivity index (χ4n) is 2.43. The number of rotatable bonds is 13. The quantitative estimate of drug-likeness (QED) is 0.284. The maximum Gasteiger partial charge on any atom is 0.0872 e. The molecule has 0 amide bonds. The molecule has 0 saturated carbocycles. The van der Waals surface area contributed by atoms with Crippen LogP contribution in [0.2, 0.25) is 0 Å². The lowest BCUT2D eigenvalue weighted by molar-refractivity contribution is 0.555. The monoisotopic (exact) mass is 274 g/mol. The third-order valence-corrected chi connectivity index (χ3v) is 7.51. The van der Waals surface area contributed by atoms with Crippen LogP contribution in [0.1, 0.15) is 85.0 Å². The van der Waals surface area contributed by atoms with Gasteiger partial charge in [0.15, 0.2) is 0 Å². The maximum atomic E-state index is 12.2. The van der Waals surface area contributed by atoms with Crippen molar-refractivity contribution >= 4 is 7.14 Å². The van der Waals surface area contributed by atoms with Crippen molar-refractivity contribution in [2.75, 3.05) is 18.5 Å². The van der Waals surface area contributed by atoms with Crippen molar-refractivity contribution in [2.45, 2.75) is 85.0 Å². The van der Waals surface area contributed by atoms with Gasteiger partial charge in [0.2, 0.25) is 0 Å². The molecule has 0 rings (SSSR count). The Hall–Kier alpha value is 0.230. The molecule has 0 fully saturated rings. The van der Waals surface area contributed by atoms with Crippen molar-refractivity contribution in [3.63, 3.8) is 0 Å². The molecule has 0 N–H and O–H groups in total. The van der Waals surface area contributed by atoms with Gasteiger partial charge in [0.05, 0.1) is 7.14 Å². The predicted octanol–water partition coefficient (Wildman–Crippen LogP) is 6.31. The molecular formula is C16H35OP. The standard InChI is InChI=1S/C16H35OP/c1-4-7-8-9-10-11-12-13-14-15-16-18(17,5-2)6-3/h4-16H2,1-3H3. The zero-order valence-corrected chi connectivity index (χ0v) is 13.9. The molecule has 0 aliphatic heterocycles. The van der Waals surface area contributed by atoms with E-state index in [-0.39, 0.29) is 0 Å². The summed E-state index contributed by atoms with van der Waals surface area (Å²) in [5, 5.41) is 0. The highest BCUT2D eigenvalue weighted by Crippen LogP contribution is 2.45. The summed E-state index contributed by atoms with van der Waals surface area (Å²) in [4.78, 5) is 0. The van der Waals surface area contributed by atoms with Gasteiger partial charge >= 0.3 is 0 Å². The summed E-state index contributed by atoms with van der Waals surface area (Å²) in [6.07, 6.45) is 16.4. The first kappa shape index (κ1) is 18.2. The molecule has 0 aromatic rings. The van der Waals surface area contributed by atoms with Crippen LogP contribution in [-0.2, 0) is 4.57 Å². The van der Waals surface area contributed by atoms with E-state index in [0.29, 0.717) is 0 Å². The molecule has 0 heterocycles. The molecule has 0 atom stereocenters. The molecule has 110 valence electrons. The average Bonchev–Trinajstić information content (AvgIpc) is 2.40. The molecule has 0 radical (unpaired) electrons. The Labute approximate surface area is 116 Å². The first-order valence-corrected chi connectivity index (χ1v) is 10.5. The summed E-state index contributed by atoms with van der Waals surface area (Å²) >= 11 is 0. The van der Waals surface area contributed by atoms with E-state index in [2.05, 4.69) is 20.8 Å². The second-order valence-corrected chi connectivity index (χ2v) is 9.42. The molecule has 0 saturated heterocycles. The Kier molecular flexibility index (Phi) is 12.4. The fraction of sp³-hybridized carbons (Fsp3) is 1.00. The Balaban J connectivity index is 3.23. The van der Waals surface area contributed by atoms with E-state index in [0.717, 1.165) is 18.5 Å². The zero-order valence-electron chi connectivity index (χ0n) is 13.0. The fourth-order valence-corrected chi connectivity index (χ4v) is 4.31. The first-order chi connectivity index (χ1) is 8.68. The zero-order chi connectivity index (χ0) is 13.7. The van der Waals surface area contributed by atoms with Crippen LogP contribution in [0, 0.1) is 0 Å². The lowest BCUT2D eigenvalue weighted by atomic mass is 10.1. The average molecular weight is 274 g/mol. The second-order valence-electron chi connectivity index (χ2n) is 5.60. The van der Waals surface area contributed by atoms with Crippen LogP contribution in [0.3, 0.4) is 0 Å². The van der Waals surface area contributed by atoms with Gasteiger partial charge in [0.25, 0.3) is 0 Å². The highest BCUT2D eigenvalue weighted by atomic mass is 31.2. The second kappa shape index (κ2) is 12.3. The molecule has 1 nitrogen and oxygen atoms in total. The summed E-state index contributed by atoms with van der Waals surface area (Å²) in [7, 11) is -1.76. The summed E-state index contributed by atoms with van der Waals surface area (Å²) in [6, 6.07) is 0. The highest BCUT2D eigenvalue weighted by molar-refractivity contribution is 7.63. The van der Waals surface area contributed by atoms with Crippen LogP contribution < -0.4 is 0 Å². The van der Waals surface area contributed by atoms with Crippen molar-refractivity contribution in [2.24, 2.45) is 0 Å². The van der Waals surface area contributed by atoms with Gasteiger partial charge in [-0.3, -0.25) is 0 Å². The summed E-state index contributed by atoms with van der Waals surface area (Å²) < 4.78 is 12.2. The highest BCUT2D eigenvalue weighted by Gasteiger charge is 2.15. The third-order valence-electron chi connectivity index (χ3n) is 4.07. The molecule has 0 aliphatic carbocycles. The van der Waals surface area contributed by atoms with Gasteiger partial charge in [0.1, 0.15) is 0 Å². The van der Waals surface area contributed by atoms with Crippen LogP contribution in [0.15, 0.2) is 0 Å². The summed E-state index contributed by atoms with van der Waals surface area (Å²) in [5.74, 6) is 0. The van der Waals surface area contributed by atoms with Gasteiger partial charge in [-0.1, -0.05) is 78.6 Å². The van der Waals surface area contributed by atoms with Gasteiger partial charge in [-0.15, -0.1) is 0 Å². The number of hydrogen-bond acceptors (Lipinski definition) is 1. The van der Waals surface area contributed by atoms with Gasteiger partial charge in [0, 0.05) is 6.16 Å². The van der Waals surface area contributed by atoms with Crippen LogP contribution in [0.4, 0.5) is 0 Å². The van der Waals surface area contributed by atoms with Crippen LogP contribution in [-0.4, -0.2) is 18.5 Å². The Bertz CT molecular complexity index is 205. The van der Waals surface area contributed by atoms with E-state index >= 15 is 0 Å². The Morgan fingerprint density at radius 2 is 1.00 bits per heavy atom. The van der Waals surface area contributed by atoms with Crippen molar-refractivity contribution < 1.29 is 4.57 Å². The van der Waals surface area contributed by atoms with Crippen molar-refractivity contribution in [3.8, 4) is 0 Å². The van der Waals surface area contributed by atoms with E-state index in [4.69, 9.17) is 0 Å². The first-order valence-electron chi connectivity index (χ1n) is 8.25. The molecule has 0 aromatic carbocycles. The molecular weight excluding hydrogens is 239 g/mol. The normalized spacial score (nSPS) is 11.9. The minimum absolute atomic E-state index is 0.904. The topological polar surface area (TPSA) is 17.1 Å². The Morgan fingerprint density at radius 3 is 1.39 bits per heavy atom. The molecule has 18 heavy (non-hydrogen) atoms. The van der Waals surface area contributed by atoms with Gasteiger partial charge in [-0.2, -0.15) is 0 Å². The number of unbranched alkanes of at least 4 members (excludes halogenated alkanes) is 9. The lowest BCUT2D eigenvalue weighted by Gasteiger charge is -2.13. The smallest absolute Gasteiger partial charge is 0.0872 e. The lowest BCUT2D eigenvalue weighted by Crippen LogP contribution is -1.95. The SMILES string of the molecule is CCCCCCCCCCCCP(=O)(CC)CC. The van der Waals surface area contributed by atoms with E-state index in [1.807, 2.05) is 0 Å². The minimum atomic E-state index is -1.76. The summed E-state index contributed by atoms with van der Waals surface area (Å²) in [6.45, 7) is 6.44. The minimum Gasteiger partial charge on any atom is -0.324 e. The molecule has 0 aliphatic rings. The van der Waals surface area contributed by atoms with Gasteiger partial charge in [-0.05, 0) is 18.7 Å². The van der Waals surface area contributed by atoms with Crippen molar-refractivity contribution in [1.82, 2.24) is 0 Å². The largest absolute Gasteiger partial charge is 0.324 e. The summed E-state index contributed by atoms with van der Waals surface area (Å²) in [5.41, 5.74) is 0. The Morgan fingerprint density at radius 1 is 0.611 bits per heavy atom. The molecule has 0 bridgehead atoms. The van der Waals surface area contributed by atoms with E-state index in [1.165, 1.54) is 64.2 Å². The van der Waals surface area contributed by atoms with E-state index in [1.54, 1.807) is 0 Å². The molecule has 0 spiro atoms. The molecule has 2 heteroatoms. The van der Waals surface area contributed by atoms with Crippen molar-refractivity contribution in [1.29, 1.82) is 0 Å². The molecule has 0 aromatic heterocycles. The predicted molar refractivity (Wildman–Crippen MR) is 85.4 cm³/mol. The van der Waals surface area contributed by atoms with Crippen LogP contribution in [0.5, 0.6) is 0 Å². The van der Waals surface area contributed by atoms with Gasteiger partial charge in [-0.25, -0.2) is 0 Å². The van der Waals surface area contributed by atoms with Crippen LogP contribution in [0.25, 0.3) is 0 Å². The van der Waals surface area contributed by atoms with Crippen LogP contribution >= 0.6 is 7.14 Å². The van der Waals surface area contributed by atoms with Crippen molar-refractivity contribution in [3.05, 3.63) is 0 Å². The van der Waals surface area contributed by atoms with Gasteiger partial charge < -0.3 is 4.57 Å². The molecule has 0 unspecified atom stereocenters. The third kappa shape index (κ3) is 10.2.